The van der Waals surface area contributed by atoms with Crippen LogP contribution in [0.4, 0.5) is 0 Å². The molecule has 16 heavy (non-hydrogen) atoms. The number of carbonyl (C=O) groups excluding carboxylic acids is 1. The van der Waals surface area contributed by atoms with Crippen molar-refractivity contribution in [3.63, 3.8) is 0 Å². The van der Waals surface area contributed by atoms with Crippen molar-refractivity contribution in [2.45, 2.75) is 18.4 Å². The molecule has 6 heteroatoms. The highest BCUT2D eigenvalue weighted by Gasteiger charge is 2.06. The van der Waals surface area contributed by atoms with E-state index in [0.29, 0.717) is 6.54 Å². The fourth-order valence-corrected chi connectivity index (χ4v) is 1.65. The summed E-state index contributed by atoms with van der Waals surface area (Å²) in [5, 5.41) is 2.71. The molecule has 0 bridgehead atoms. The molecule has 1 heterocycles. The number of nitrogens with one attached hydrogen (secondary N) is 1. The van der Waals surface area contributed by atoms with Crippen molar-refractivity contribution >= 4 is 17.1 Å². The average Bonchev–Trinajstić information content (AvgIpc) is 2.18. The standard InChI is InChI=1S/C10H14N2O2S.ClH/c1-9(13)11-5-8-12-6-3-10(4-7-12)15(2)14;/h3-4,6-7H,5,8H2,1-2H3;1H. The third-order valence-electron chi connectivity index (χ3n) is 1.94. The Hall–Kier alpha value is -0.780. The summed E-state index contributed by atoms with van der Waals surface area (Å²) in [5.74, 6) is -0.0260. The number of amides is 1. The molecule has 0 spiro atoms. The Bertz CT molecular complexity index is 330. The van der Waals surface area contributed by atoms with E-state index >= 15 is 0 Å². The maximum absolute atomic E-state index is 11.1. The molecule has 0 radical (unpaired) electrons. The number of hydrogen-bond donors (Lipinski definition) is 1. The zero-order valence-corrected chi connectivity index (χ0v) is 10.8. The van der Waals surface area contributed by atoms with E-state index < -0.39 is 11.2 Å². The van der Waals surface area contributed by atoms with Crippen LogP contribution in [0.5, 0.6) is 0 Å². The van der Waals surface area contributed by atoms with Gasteiger partial charge in [-0.3, -0.25) is 4.79 Å². The van der Waals surface area contributed by atoms with E-state index in [9.17, 15) is 9.35 Å². The predicted octanol–water partition coefficient (Wildman–Crippen LogP) is -3.15. The summed E-state index contributed by atoms with van der Waals surface area (Å²) in [6.07, 6.45) is 5.37. The van der Waals surface area contributed by atoms with Crippen LogP contribution < -0.4 is 22.3 Å². The lowest BCUT2D eigenvalue weighted by Gasteiger charge is -2.02. The van der Waals surface area contributed by atoms with E-state index in [1.54, 1.807) is 6.26 Å². The molecule has 4 nitrogen and oxygen atoms in total. The highest BCUT2D eigenvalue weighted by Crippen LogP contribution is 2.03. The van der Waals surface area contributed by atoms with E-state index in [4.69, 9.17) is 0 Å². The van der Waals surface area contributed by atoms with Crippen LogP contribution in [0.25, 0.3) is 0 Å². The number of pyridine rings is 1. The summed E-state index contributed by atoms with van der Waals surface area (Å²) in [6, 6.07) is 3.65. The van der Waals surface area contributed by atoms with Gasteiger partial charge in [-0.25, -0.2) is 4.57 Å². The Kier molecular flexibility index (Phi) is 7.12. The fraction of sp³-hybridized carbons (Fsp3) is 0.400. The molecule has 0 saturated carbocycles. The Balaban J connectivity index is 0.00000225. The molecule has 1 unspecified atom stereocenters. The van der Waals surface area contributed by atoms with Gasteiger partial charge in [0.15, 0.2) is 23.8 Å². The first-order valence-electron chi connectivity index (χ1n) is 4.66. The Labute approximate surface area is 105 Å². The first-order chi connectivity index (χ1) is 7.09. The first kappa shape index (κ1) is 15.2. The van der Waals surface area contributed by atoms with Crippen molar-refractivity contribution in [1.29, 1.82) is 0 Å². The van der Waals surface area contributed by atoms with Gasteiger partial charge in [-0.2, -0.15) is 0 Å². The molecular weight excluding hydrogens is 248 g/mol. The van der Waals surface area contributed by atoms with Gasteiger partial charge in [-0.1, -0.05) is 0 Å². The Morgan fingerprint density at radius 2 is 2.06 bits per heavy atom. The third-order valence-corrected chi connectivity index (χ3v) is 2.87. The molecule has 0 aliphatic heterocycles. The summed E-state index contributed by atoms with van der Waals surface area (Å²) < 4.78 is 13.0. The van der Waals surface area contributed by atoms with E-state index in [1.807, 2.05) is 29.1 Å². The van der Waals surface area contributed by atoms with Gasteiger partial charge in [0.1, 0.15) is 6.26 Å². The van der Waals surface area contributed by atoms with Crippen LogP contribution in [0.3, 0.4) is 0 Å². The molecule has 0 aliphatic rings. The zero-order chi connectivity index (χ0) is 11.3. The molecule has 90 valence electrons. The second-order valence-corrected chi connectivity index (χ2v) is 4.59. The minimum Gasteiger partial charge on any atom is -1.00 e. The molecule has 1 amide bonds. The van der Waals surface area contributed by atoms with Gasteiger partial charge < -0.3 is 22.3 Å². The van der Waals surface area contributed by atoms with Gasteiger partial charge >= 0.3 is 0 Å². The highest BCUT2D eigenvalue weighted by atomic mass is 35.5. The molecule has 0 fully saturated rings. The highest BCUT2D eigenvalue weighted by molar-refractivity contribution is 7.90. The number of hydrogen-bond acceptors (Lipinski definition) is 2. The quantitative estimate of drug-likeness (QED) is 0.460. The molecule has 1 aromatic heterocycles. The average molecular weight is 263 g/mol. The monoisotopic (exact) mass is 262 g/mol. The van der Waals surface area contributed by atoms with Gasteiger partial charge in [0.2, 0.25) is 5.91 Å². The number of rotatable bonds is 4. The van der Waals surface area contributed by atoms with Gasteiger partial charge in [0, 0.05) is 6.92 Å². The first-order valence-corrected chi connectivity index (χ1v) is 6.22. The fourth-order valence-electron chi connectivity index (χ4n) is 1.15. The third kappa shape index (κ3) is 5.34. The van der Waals surface area contributed by atoms with Crippen molar-refractivity contribution in [2.24, 2.45) is 0 Å². The minimum atomic E-state index is -0.933. The van der Waals surface area contributed by atoms with E-state index in [1.165, 1.54) is 6.92 Å². The zero-order valence-electron chi connectivity index (χ0n) is 9.27. The maximum atomic E-state index is 11.1. The normalized spacial score (nSPS) is 11.4. The SMILES string of the molecule is CC(=O)NCC[n+]1ccc([S+](C)[O-])cc1.[Cl-]. The maximum Gasteiger partial charge on any atom is 0.217 e. The smallest absolute Gasteiger partial charge is 0.217 e. The minimum absolute atomic E-state index is 0. The second-order valence-electron chi connectivity index (χ2n) is 3.21. The molecule has 1 atom stereocenters. The van der Waals surface area contributed by atoms with Crippen molar-refractivity contribution in [1.82, 2.24) is 5.32 Å². The van der Waals surface area contributed by atoms with Crippen molar-refractivity contribution in [3.8, 4) is 0 Å². The number of halogens is 1. The topological polar surface area (TPSA) is 56.0 Å². The van der Waals surface area contributed by atoms with Crippen LogP contribution in [-0.4, -0.2) is 23.3 Å². The Morgan fingerprint density at radius 1 is 1.50 bits per heavy atom. The number of nitrogens with zero attached hydrogens (tertiary/aromatic N) is 1. The predicted molar refractivity (Wildman–Crippen MR) is 57.7 cm³/mol. The molecule has 0 aliphatic carbocycles. The van der Waals surface area contributed by atoms with Gasteiger partial charge in [0.25, 0.3) is 0 Å². The van der Waals surface area contributed by atoms with Gasteiger partial charge in [-0.15, -0.1) is 0 Å². The van der Waals surface area contributed by atoms with Crippen molar-refractivity contribution < 1.29 is 26.3 Å². The molecule has 1 N–H and O–H groups in total. The van der Waals surface area contributed by atoms with Crippen LogP contribution in [0.15, 0.2) is 29.4 Å². The summed E-state index contributed by atoms with van der Waals surface area (Å²) in [6.45, 7) is 2.82. The van der Waals surface area contributed by atoms with Crippen LogP contribution in [-0.2, 0) is 22.5 Å². The van der Waals surface area contributed by atoms with E-state index in [2.05, 4.69) is 5.32 Å². The van der Waals surface area contributed by atoms with Gasteiger partial charge in [-0.05, 0) is 11.2 Å². The largest absolute Gasteiger partial charge is 1.00 e. The summed E-state index contributed by atoms with van der Waals surface area (Å²) >= 11 is -0.933. The molecule has 0 aromatic carbocycles. The molecular formula is C10H15ClN2O2S. The second kappa shape index (κ2) is 7.49. The van der Waals surface area contributed by atoms with Crippen molar-refractivity contribution in [3.05, 3.63) is 24.5 Å². The van der Waals surface area contributed by atoms with E-state index in [-0.39, 0.29) is 18.3 Å². The lowest BCUT2D eigenvalue weighted by atomic mass is 10.4. The summed E-state index contributed by atoms with van der Waals surface area (Å²) in [5.41, 5.74) is 0. The van der Waals surface area contributed by atoms with E-state index in [0.717, 1.165) is 11.4 Å². The van der Waals surface area contributed by atoms with Gasteiger partial charge in [0.05, 0.1) is 18.7 Å². The van der Waals surface area contributed by atoms with Crippen LogP contribution in [0.2, 0.25) is 0 Å². The Morgan fingerprint density at radius 3 is 2.50 bits per heavy atom. The summed E-state index contributed by atoms with van der Waals surface area (Å²) in [7, 11) is 0. The molecule has 0 saturated heterocycles. The molecule has 1 rings (SSSR count). The lowest BCUT2D eigenvalue weighted by molar-refractivity contribution is -0.695. The van der Waals surface area contributed by atoms with Crippen LogP contribution in [0, 0.1) is 0 Å². The van der Waals surface area contributed by atoms with Crippen LogP contribution in [0.1, 0.15) is 6.92 Å². The number of aromatic nitrogens is 1. The van der Waals surface area contributed by atoms with Crippen LogP contribution >= 0.6 is 0 Å². The molecule has 1 aromatic rings. The van der Waals surface area contributed by atoms with Crippen molar-refractivity contribution in [2.75, 3.05) is 12.8 Å². The lowest BCUT2D eigenvalue weighted by Crippen LogP contribution is -3.00. The summed E-state index contributed by atoms with van der Waals surface area (Å²) in [4.78, 5) is 11.4. The number of carbonyl (C=O) groups is 1.